The first-order chi connectivity index (χ1) is 16.8. The van der Waals surface area contributed by atoms with Crippen molar-refractivity contribution in [3.8, 4) is 0 Å². The summed E-state index contributed by atoms with van der Waals surface area (Å²) in [5.41, 5.74) is 0. The van der Waals surface area contributed by atoms with Crippen molar-refractivity contribution in [2.24, 2.45) is 0 Å². The number of unbranched alkanes of at least 4 members (excludes halogenated alkanes) is 24. The topological polar surface area (TPSA) is 26.3 Å². The summed E-state index contributed by atoms with van der Waals surface area (Å²) in [6.45, 7) is 4.38. The van der Waals surface area contributed by atoms with Gasteiger partial charge in [0.15, 0.2) is 0 Å². The molecule has 0 aliphatic rings. The van der Waals surface area contributed by atoms with Crippen molar-refractivity contribution < 1.29 is 9.53 Å². The van der Waals surface area contributed by atoms with Gasteiger partial charge in [-0.1, -0.05) is 154 Å². The van der Waals surface area contributed by atoms with Gasteiger partial charge in [-0.3, -0.25) is 4.79 Å². The summed E-state index contributed by atoms with van der Waals surface area (Å²) < 4.78 is 4.96. The highest BCUT2D eigenvalue weighted by atomic mass is 16.5. The van der Waals surface area contributed by atoms with Crippen molar-refractivity contribution in [3.63, 3.8) is 0 Å². The predicted octanol–water partition coefficient (Wildman–Crippen LogP) is 11.3. The monoisotopic (exact) mass is 478 g/mol. The summed E-state index contributed by atoms with van der Waals surface area (Å²) in [6.07, 6.45) is 40.8. The van der Waals surface area contributed by atoms with E-state index in [0.29, 0.717) is 6.61 Å². The van der Waals surface area contributed by atoms with Gasteiger partial charge in [-0.25, -0.2) is 0 Å². The second-order valence-electron chi connectivity index (χ2n) is 10.5. The molecule has 34 heavy (non-hydrogen) atoms. The van der Waals surface area contributed by atoms with E-state index in [1.165, 1.54) is 167 Å². The lowest BCUT2D eigenvalue weighted by atomic mass is 10.0. The second kappa shape index (κ2) is 30.2. The number of rotatable bonds is 28. The van der Waals surface area contributed by atoms with Crippen LogP contribution in [0.4, 0.5) is 0 Å². The fraction of sp³-hybridized carbons (Fsp3) is 0.906. The Hall–Kier alpha value is -0.790. The molecular formula is C32H62O2. The van der Waals surface area contributed by atoms with E-state index < -0.39 is 0 Å². The van der Waals surface area contributed by atoms with Crippen molar-refractivity contribution in [2.45, 2.75) is 181 Å². The molecule has 0 radical (unpaired) electrons. The summed E-state index contributed by atoms with van der Waals surface area (Å²) in [4.78, 5) is 10.7. The molecule has 0 heterocycles. The maximum atomic E-state index is 10.7. The van der Waals surface area contributed by atoms with Crippen LogP contribution in [-0.2, 0) is 9.53 Å². The lowest BCUT2D eigenvalue weighted by molar-refractivity contribution is -0.141. The molecule has 0 bridgehead atoms. The minimum atomic E-state index is -0.150. The van der Waals surface area contributed by atoms with Crippen LogP contribution in [0.2, 0.25) is 0 Å². The minimum absolute atomic E-state index is 0.150. The summed E-state index contributed by atoms with van der Waals surface area (Å²) in [5, 5.41) is 0. The van der Waals surface area contributed by atoms with Gasteiger partial charge in [-0.2, -0.15) is 0 Å². The summed E-state index contributed by atoms with van der Waals surface area (Å²) in [5.74, 6) is -0.150. The van der Waals surface area contributed by atoms with Crippen LogP contribution in [0.5, 0.6) is 0 Å². The van der Waals surface area contributed by atoms with Gasteiger partial charge in [0.05, 0.1) is 6.61 Å². The lowest BCUT2D eigenvalue weighted by Crippen LogP contribution is -2.00. The van der Waals surface area contributed by atoms with Gasteiger partial charge in [-0.05, 0) is 32.1 Å². The molecule has 2 heteroatoms. The summed E-state index contributed by atoms with van der Waals surface area (Å²) in [6, 6.07) is 0. The van der Waals surface area contributed by atoms with Gasteiger partial charge in [0, 0.05) is 6.92 Å². The molecule has 0 N–H and O–H groups in total. The molecule has 0 saturated heterocycles. The third-order valence-electron chi connectivity index (χ3n) is 6.96. The third kappa shape index (κ3) is 31.2. The average Bonchev–Trinajstić information content (AvgIpc) is 2.83. The minimum Gasteiger partial charge on any atom is -0.466 e. The first-order valence-electron chi connectivity index (χ1n) is 15.6. The van der Waals surface area contributed by atoms with E-state index in [2.05, 4.69) is 19.1 Å². The molecule has 0 aromatic carbocycles. The van der Waals surface area contributed by atoms with Crippen molar-refractivity contribution in [1.82, 2.24) is 0 Å². The standard InChI is InChI=1S/C32H62O2/c1-3-4-5-6-7-8-9-10-11-12-13-14-15-16-17-18-19-20-21-22-23-24-25-26-27-28-29-30-31-34-32(2)33/h12-13H,3-11,14-31H2,1-2H3. The van der Waals surface area contributed by atoms with Crippen LogP contribution in [0.25, 0.3) is 0 Å². The highest BCUT2D eigenvalue weighted by Gasteiger charge is 1.96. The lowest BCUT2D eigenvalue weighted by Gasteiger charge is -2.04. The molecule has 0 atom stereocenters. The number of carbonyl (C=O) groups excluding carboxylic acids is 1. The Labute approximate surface area is 215 Å². The largest absolute Gasteiger partial charge is 0.466 e. The van der Waals surface area contributed by atoms with Gasteiger partial charge in [0.1, 0.15) is 0 Å². The van der Waals surface area contributed by atoms with Gasteiger partial charge < -0.3 is 4.74 Å². The first kappa shape index (κ1) is 33.2. The third-order valence-corrected chi connectivity index (χ3v) is 6.96. The molecule has 0 amide bonds. The van der Waals surface area contributed by atoms with Crippen LogP contribution in [0, 0.1) is 0 Å². The van der Waals surface area contributed by atoms with Gasteiger partial charge in [-0.15, -0.1) is 0 Å². The van der Waals surface area contributed by atoms with E-state index in [4.69, 9.17) is 4.74 Å². The van der Waals surface area contributed by atoms with E-state index >= 15 is 0 Å². The Kier molecular flexibility index (Phi) is 29.5. The molecule has 0 spiro atoms. The molecule has 0 aliphatic heterocycles. The summed E-state index contributed by atoms with van der Waals surface area (Å²) >= 11 is 0. The molecule has 0 unspecified atom stereocenters. The Morgan fingerprint density at radius 1 is 0.471 bits per heavy atom. The van der Waals surface area contributed by atoms with E-state index in [1.54, 1.807) is 0 Å². The predicted molar refractivity (Wildman–Crippen MR) is 151 cm³/mol. The molecule has 0 fully saturated rings. The number of esters is 1. The number of allylic oxidation sites excluding steroid dienone is 2. The molecule has 0 aromatic rings. The molecule has 0 aromatic heterocycles. The van der Waals surface area contributed by atoms with Gasteiger partial charge in [0.2, 0.25) is 0 Å². The summed E-state index contributed by atoms with van der Waals surface area (Å²) in [7, 11) is 0. The molecular weight excluding hydrogens is 416 g/mol. The zero-order valence-corrected chi connectivity index (χ0v) is 23.6. The second-order valence-corrected chi connectivity index (χ2v) is 10.5. The van der Waals surface area contributed by atoms with Crippen LogP contribution >= 0.6 is 0 Å². The van der Waals surface area contributed by atoms with Crippen LogP contribution < -0.4 is 0 Å². The number of hydrogen-bond donors (Lipinski definition) is 0. The highest BCUT2D eigenvalue weighted by molar-refractivity contribution is 5.65. The van der Waals surface area contributed by atoms with Crippen LogP contribution in [0.1, 0.15) is 181 Å². The molecule has 0 saturated carbocycles. The molecule has 2 nitrogen and oxygen atoms in total. The molecule has 0 rings (SSSR count). The van der Waals surface area contributed by atoms with Crippen LogP contribution in [0.3, 0.4) is 0 Å². The van der Waals surface area contributed by atoms with Crippen LogP contribution in [0.15, 0.2) is 12.2 Å². The normalized spacial score (nSPS) is 11.5. The van der Waals surface area contributed by atoms with E-state index in [0.717, 1.165) is 6.42 Å². The zero-order valence-electron chi connectivity index (χ0n) is 23.6. The Morgan fingerprint density at radius 2 is 0.765 bits per heavy atom. The van der Waals surface area contributed by atoms with Crippen molar-refractivity contribution >= 4 is 5.97 Å². The van der Waals surface area contributed by atoms with Crippen molar-refractivity contribution in [2.75, 3.05) is 6.61 Å². The highest BCUT2D eigenvalue weighted by Crippen LogP contribution is 2.14. The quantitative estimate of drug-likeness (QED) is 0.0634. The van der Waals surface area contributed by atoms with Gasteiger partial charge >= 0.3 is 5.97 Å². The molecule has 202 valence electrons. The fourth-order valence-corrected chi connectivity index (χ4v) is 4.69. The van der Waals surface area contributed by atoms with E-state index in [9.17, 15) is 4.79 Å². The zero-order chi connectivity index (χ0) is 24.8. The van der Waals surface area contributed by atoms with Gasteiger partial charge in [0.25, 0.3) is 0 Å². The van der Waals surface area contributed by atoms with Crippen LogP contribution in [-0.4, -0.2) is 12.6 Å². The number of hydrogen-bond acceptors (Lipinski definition) is 2. The number of carbonyl (C=O) groups is 1. The SMILES string of the molecule is CCCCCCCCCCC=CCCCCCCCCCCCCCCCCCCOC(C)=O. The Balaban J connectivity index is 3.07. The van der Waals surface area contributed by atoms with E-state index in [1.807, 2.05) is 0 Å². The van der Waals surface area contributed by atoms with Crippen molar-refractivity contribution in [3.05, 3.63) is 12.2 Å². The molecule has 0 aliphatic carbocycles. The van der Waals surface area contributed by atoms with Crippen molar-refractivity contribution in [1.29, 1.82) is 0 Å². The Bertz CT molecular complexity index is 415. The van der Waals surface area contributed by atoms with E-state index in [-0.39, 0.29) is 5.97 Å². The number of ether oxygens (including phenoxy) is 1. The maximum Gasteiger partial charge on any atom is 0.302 e. The first-order valence-corrected chi connectivity index (χ1v) is 15.6. The fourth-order valence-electron chi connectivity index (χ4n) is 4.69. The average molecular weight is 479 g/mol. The smallest absolute Gasteiger partial charge is 0.302 e. The maximum absolute atomic E-state index is 10.7. The Morgan fingerprint density at radius 3 is 1.09 bits per heavy atom.